The van der Waals surface area contributed by atoms with Crippen LogP contribution in [0.2, 0.25) is 0 Å². The van der Waals surface area contributed by atoms with Crippen molar-refractivity contribution in [2.45, 2.75) is 36.6 Å². The molecule has 5 rings (SSSR count). The van der Waals surface area contributed by atoms with Gasteiger partial charge in [0, 0.05) is 5.56 Å². The highest BCUT2D eigenvalue weighted by Gasteiger charge is 2.58. The molecule has 0 amide bonds. The van der Waals surface area contributed by atoms with Crippen molar-refractivity contribution >= 4 is 27.3 Å². The largest absolute Gasteiger partial charge is 0.394 e. The fourth-order valence-corrected chi connectivity index (χ4v) is 4.30. The van der Waals surface area contributed by atoms with Gasteiger partial charge in [0.1, 0.15) is 18.3 Å². The summed E-state index contributed by atoms with van der Waals surface area (Å²) < 4.78 is 5.68. The minimum atomic E-state index is -1.66. The average Bonchev–Trinajstić information content (AvgIpc) is 3.19. The molecule has 2 aliphatic rings. The van der Waals surface area contributed by atoms with Crippen LogP contribution in [0.15, 0.2) is 59.8 Å². The van der Waals surface area contributed by atoms with Gasteiger partial charge in [-0.3, -0.25) is 0 Å². The molecule has 150 valence electrons. The van der Waals surface area contributed by atoms with Crippen LogP contribution < -0.4 is 0 Å². The van der Waals surface area contributed by atoms with Crippen molar-refractivity contribution in [3.05, 3.63) is 60.2 Å². The summed E-state index contributed by atoms with van der Waals surface area (Å²) in [5.41, 5.74) is 1.40. The van der Waals surface area contributed by atoms with Crippen molar-refractivity contribution in [2.24, 2.45) is 5.16 Å². The van der Waals surface area contributed by atoms with Gasteiger partial charge >= 0.3 is 0 Å². The summed E-state index contributed by atoms with van der Waals surface area (Å²) >= 11 is 0. The molecule has 1 fully saturated rings. The van der Waals surface area contributed by atoms with Gasteiger partial charge in [-0.2, -0.15) is 0 Å². The van der Waals surface area contributed by atoms with Crippen molar-refractivity contribution in [1.29, 1.82) is 0 Å². The van der Waals surface area contributed by atoms with Gasteiger partial charge in [-0.05, 0) is 27.6 Å². The lowest BCUT2D eigenvalue weighted by atomic mass is 9.87. The number of aliphatic hydroxyl groups excluding tert-OH is 4. The Morgan fingerprint density at radius 2 is 1.62 bits per heavy atom. The SMILES string of the molecule is OC[C@H]1O[C@@]2(CC(c3cc4ccccc4c4ccccc34)=NO2)[C@H](O)[C@@H](O)[C@@H]1O. The molecule has 1 spiro atoms. The Bertz CT molecular complexity index is 1110. The van der Waals surface area contributed by atoms with Crippen LogP contribution in [-0.4, -0.2) is 62.9 Å². The van der Waals surface area contributed by atoms with Crippen molar-refractivity contribution in [1.82, 2.24) is 0 Å². The lowest BCUT2D eigenvalue weighted by Crippen LogP contribution is -2.65. The molecule has 7 nitrogen and oxygen atoms in total. The van der Waals surface area contributed by atoms with Crippen LogP contribution in [0, 0.1) is 0 Å². The normalized spacial score (nSPS) is 31.9. The number of fused-ring (bicyclic) bond motifs is 3. The third kappa shape index (κ3) is 2.74. The van der Waals surface area contributed by atoms with Crippen LogP contribution in [0.25, 0.3) is 21.5 Å². The Morgan fingerprint density at radius 3 is 2.38 bits per heavy atom. The number of rotatable bonds is 2. The van der Waals surface area contributed by atoms with Gasteiger partial charge in [-0.25, -0.2) is 0 Å². The summed E-state index contributed by atoms with van der Waals surface area (Å²) in [5.74, 6) is -1.66. The van der Waals surface area contributed by atoms with E-state index in [1.165, 1.54) is 0 Å². The quantitative estimate of drug-likeness (QED) is 0.487. The van der Waals surface area contributed by atoms with E-state index in [1.807, 2.05) is 48.5 Å². The number of nitrogens with zero attached hydrogens (tertiary/aromatic N) is 1. The molecule has 0 aromatic heterocycles. The predicted molar refractivity (Wildman–Crippen MR) is 106 cm³/mol. The van der Waals surface area contributed by atoms with Gasteiger partial charge in [0.2, 0.25) is 0 Å². The van der Waals surface area contributed by atoms with Gasteiger partial charge in [-0.1, -0.05) is 53.7 Å². The third-order valence-electron chi connectivity index (χ3n) is 5.84. The minimum absolute atomic E-state index is 0.0663. The highest BCUT2D eigenvalue weighted by atomic mass is 16.8. The Labute approximate surface area is 166 Å². The molecule has 3 aromatic carbocycles. The molecule has 0 radical (unpaired) electrons. The first-order valence-electron chi connectivity index (χ1n) is 9.53. The zero-order valence-corrected chi connectivity index (χ0v) is 15.5. The molecule has 29 heavy (non-hydrogen) atoms. The Balaban J connectivity index is 1.59. The molecule has 3 aromatic rings. The van der Waals surface area contributed by atoms with Gasteiger partial charge in [0.05, 0.1) is 18.7 Å². The number of oxime groups is 1. The Kier molecular flexibility index (Phi) is 4.31. The zero-order chi connectivity index (χ0) is 20.2. The summed E-state index contributed by atoms with van der Waals surface area (Å²) in [4.78, 5) is 5.51. The van der Waals surface area contributed by atoms with E-state index in [1.54, 1.807) is 0 Å². The van der Waals surface area contributed by atoms with E-state index in [9.17, 15) is 20.4 Å². The summed E-state index contributed by atoms with van der Waals surface area (Å²) in [6.07, 6.45) is -5.49. The first-order valence-corrected chi connectivity index (χ1v) is 9.53. The van der Waals surface area contributed by atoms with Crippen LogP contribution in [-0.2, 0) is 9.57 Å². The zero-order valence-electron chi connectivity index (χ0n) is 15.5. The van der Waals surface area contributed by atoms with E-state index in [2.05, 4.69) is 11.2 Å². The maximum Gasteiger partial charge on any atom is 0.271 e. The number of hydrogen-bond donors (Lipinski definition) is 4. The van der Waals surface area contributed by atoms with Crippen LogP contribution in [0.1, 0.15) is 12.0 Å². The molecule has 2 aliphatic heterocycles. The maximum atomic E-state index is 10.5. The van der Waals surface area contributed by atoms with Gasteiger partial charge in [-0.15, -0.1) is 0 Å². The minimum Gasteiger partial charge on any atom is -0.394 e. The molecule has 0 aliphatic carbocycles. The van der Waals surface area contributed by atoms with Gasteiger partial charge in [0.15, 0.2) is 6.10 Å². The lowest BCUT2D eigenvalue weighted by Gasteiger charge is -2.44. The highest BCUT2D eigenvalue weighted by Crippen LogP contribution is 2.40. The van der Waals surface area contributed by atoms with Crippen molar-refractivity contribution < 1.29 is 30.0 Å². The highest BCUT2D eigenvalue weighted by molar-refractivity contribution is 6.19. The molecular formula is C22H21NO6. The van der Waals surface area contributed by atoms with E-state index in [0.717, 1.165) is 27.1 Å². The van der Waals surface area contributed by atoms with Gasteiger partial charge in [0.25, 0.3) is 5.79 Å². The fraction of sp³-hybridized carbons (Fsp3) is 0.318. The topological polar surface area (TPSA) is 112 Å². The smallest absolute Gasteiger partial charge is 0.271 e. The summed E-state index contributed by atoms with van der Waals surface area (Å²) in [6.45, 7) is -0.524. The molecule has 4 N–H and O–H groups in total. The molecule has 0 bridgehead atoms. The second-order valence-electron chi connectivity index (χ2n) is 7.57. The van der Waals surface area contributed by atoms with E-state index in [4.69, 9.17) is 9.57 Å². The lowest BCUT2D eigenvalue weighted by molar-refractivity contribution is -0.355. The number of aliphatic hydroxyl groups is 4. The van der Waals surface area contributed by atoms with Crippen molar-refractivity contribution in [2.75, 3.05) is 6.61 Å². The maximum absolute atomic E-state index is 10.5. The third-order valence-corrected chi connectivity index (χ3v) is 5.84. The van der Waals surface area contributed by atoms with Crippen molar-refractivity contribution in [3.63, 3.8) is 0 Å². The molecule has 2 heterocycles. The van der Waals surface area contributed by atoms with Crippen LogP contribution >= 0.6 is 0 Å². The summed E-state index contributed by atoms with van der Waals surface area (Å²) in [5, 5.41) is 48.6. The molecular weight excluding hydrogens is 374 g/mol. The summed E-state index contributed by atoms with van der Waals surface area (Å²) in [6, 6.07) is 18.0. The molecule has 0 unspecified atom stereocenters. The second kappa shape index (κ2) is 6.76. The van der Waals surface area contributed by atoms with E-state index < -0.39 is 36.8 Å². The van der Waals surface area contributed by atoms with Crippen LogP contribution in [0.3, 0.4) is 0 Å². The first-order chi connectivity index (χ1) is 14.0. The van der Waals surface area contributed by atoms with E-state index in [-0.39, 0.29) is 6.42 Å². The monoisotopic (exact) mass is 395 g/mol. The number of ether oxygens (including phenoxy) is 1. The Hall–Kier alpha value is -2.55. The Morgan fingerprint density at radius 1 is 0.931 bits per heavy atom. The van der Waals surface area contributed by atoms with Crippen LogP contribution in [0.4, 0.5) is 0 Å². The number of hydrogen-bond acceptors (Lipinski definition) is 7. The first kappa shape index (κ1) is 18.5. The molecule has 0 saturated carbocycles. The molecule has 5 atom stereocenters. The standard InChI is InChI=1S/C22H21NO6/c24-11-18-19(25)20(26)21(27)22(28-18)10-17(23-29-22)16-9-12-5-1-2-6-13(12)14-7-3-4-8-15(14)16/h1-9,18-21,24-27H,10-11H2/t18-,19-,20+,21-,22-/m1/s1. The second-order valence-corrected chi connectivity index (χ2v) is 7.57. The fourth-order valence-electron chi connectivity index (χ4n) is 4.30. The number of benzene rings is 3. The average molecular weight is 395 g/mol. The molecule has 7 heteroatoms. The van der Waals surface area contributed by atoms with Crippen molar-refractivity contribution in [3.8, 4) is 0 Å². The van der Waals surface area contributed by atoms with E-state index >= 15 is 0 Å². The van der Waals surface area contributed by atoms with Gasteiger partial charge < -0.3 is 30.0 Å². The van der Waals surface area contributed by atoms with E-state index in [0.29, 0.717) is 5.71 Å². The summed E-state index contributed by atoms with van der Waals surface area (Å²) in [7, 11) is 0. The molecule has 1 saturated heterocycles. The predicted octanol–water partition coefficient (Wildman–Crippen LogP) is 1.29. The van der Waals surface area contributed by atoms with Crippen LogP contribution in [0.5, 0.6) is 0 Å².